The van der Waals surface area contributed by atoms with E-state index in [1.54, 1.807) is 22.7 Å². The Kier molecular flexibility index (Phi) is 7.41. The summed E-state index contributed by atoms with van der Waals surface area (Å²) in [6.07, 6.45) is 1.88. The highest BCUT2D eigenvalue weighted by Crippen LogP contribution is 2.31. The zero-order valence-corrected chi connectivity index (χ0v) is 19.7. The maximum Gasteiger partial charge on any atom is 0.260 e. The SMILES string of the molecule is CCc1ccc2nc(N(CCCN(C)C)C(=O)c3ccc4ncsc4c3)sc2c1.Cl. The van der Waals surface area contributed by atoms with E-state index in [9.17, 15) is 4.79 Å². The molecular weight excluding hydrogens is 436 g/mol. The molecule has 30 heavy (non-hydrogen) atoms. The van der Waals surface area contributed by atoms with E-state index in [2.05, 4.69) is 35.0 Å². The Morgan fingerprint density at radius 1 is 1.03 bits per heavy atom. The van der Waals surface area contributed by atoms with Crippen LogP contribution in [0.2, 0.25) is 0 Å². The molecule has 0 aliphatic heterocycles. The predicted octanol–water partition coefficient (Wildman–Crippen LogP) is 5.49. The van der Waals surface area contributed by atoms with Crippen LogP contribution < -0.4 is 4.90 Å². The molecule has 2 aromatic heterocycles. The zero-order valence-electron chi connectivity index (χ0n) is 17.3. The lowest BCUT2D eigenvalue weighted by Gasteiger charge is -2.21. The fraction of sp³-hybridized carbons (Fsp3) is 0.318. The maximum atomic E-state index is 13.4. The molecule has 0 saturated heterocycles. The summed E-state index contributed by atoms with van der Waals surface area (Å²) in [5.74, 6) is -0.00572. The lowest BCUT2D eigenvalue weighted by molar-refractivity contribution is 0.0986. The predicted molar refractivity (Wildman–Crippen MR) is 131 cm³/mol. The van der Waals surface area contributed by atoms with Gasteiger partial charge in [-0.2, -0.15) is 0 Å². The number of hydrogen-bond acceptors (Lipinski definition) is 6. The van der Waals surface area contributed by atoms with Crippen LogP contribution in [0.25, 0.3) is 20.4 Å². The third kappa shape index (κ3) is 4.81. The Morgan fingerprint density at radius 2 is 1.83 bits per heavy atom. The zero-order chi connectivity index (χ0) is 20.4. The first-order valence-electron chi connectivity index (χ1n) is 9.74. The van der Waals surface area contributed by atoms with E-state index in [1.807, 2.05) is 42.7 Å². The van der Waals surface area contributed by atoms with Crippen molar-refractivity contribution in [3.05, 3.63) is 53.0 Å². The number of amides is 1. The van der Waals surface area contributed by atoms with Gasteiger partial charge in [0.2, 0.25) is 0 Å². The van der Waals surface area contributed by atoms with E-state index in [0.717, 1.165) is 45.0 Å². The molecule has 0 bridgehead atoms. The number of aryl methyl sites for hydroxylation is 1. The van der Waals surface area contributed by atoms with Crippen molar-refractivity contribution in [3.63, 3.8) is 0 Å². The summed E-state index contributed by atoms with van der Waals surface area (Å²) in [5, 5.41) is 0.765. The Bertz CT molecular complexity index is 1150. The minimum Gasteiger partial charge on any atom is -0.309 e. The number of nitrogens with zero attached hydrogens (tertiary/aromatic N) is 4. The van der Waals surface area contributed by atoms with Gasteiger partial charge in [-0.05, 0) is 69.4 Å². The van der Waals surface area contributed by atoms with Crippen molar-refractivity contribution >= 4 is 66.6 Å². The Morgan fingerprint density at radius 3 is 2.60 bits per heavy atom. The average Bonchev–Trinajstić information content (AvgIpc) is 3.35. The smallest absolute Gasteiger partial charge is 0.260 e. The molecule has 0 aliphatic carbocycles. The van der Waals surface area contributed by atoms with Gasteiger partial charge in [0.05, 0.1) is 25.9 Å². The van der Waals surface area contributed by atoms with Crippen molar-refractivity contribution < 1.29 is 4.79 Å². The largest absolute Gasteiger partial charge is 0.309 e. The lowest BCUT2D eigenvalue weighted by atomic mass is 10.2. The van der Waals surface area contributed by atoms with E-state index in [-0.39, 0.29) is 18.3 Å². The number of benzene rings is 2. The second-order valence-electron chi connectivity index (χ2n) is 7.30. The molecule has 0 fully saturated rings. The quantitative estimate of drug-likeness (QED) is 0.366. The molecule has 8 heteroatoms. The lowest BCUT2D eigenvalue weighted by Crippen LogP contribution is -2.33. The van der Waals surface area contributed by atoms with E-state index in [0.29, 0.717) is 12.1 Å². The van der Waals surface area contributed by atoms with Gasteiger partial charge in [0.1, 0.15) is 0 Å². The van der Waals surface area contributed by atoms with Crippen molar-refractivity contribution in [2.45, 2.75) is 19.8 Å². The summed E-state index contributed by atoms with van der Waals surface area (Å²) in [7, 11) is 4.10. The van der Waals surface area contributed by atoms with Crippen molar-refractivity contribution in [1.29, 1.82) is 0 Å². The standard InChI is InChI=1S/C22H24N4OS2.ClH/c1-4-15-6-8-18-20(12-15)29-22(24-18)26(11-5-10-25(2)3)21(27)16-7-9-17-19(13-16)28-14-23-17;/h6-9,12-14H,4-5,10-11H2,1-3H3;1H. The van der Waals surface area contributed by atoms with Crippen molar-refractivity contribution in [2.75, 3.05) is 32.1 Å². The summed E-state index contributed by atoms with van der Waals surface area (Å²) in [5.41, 5.74) is 5.66. The molecule has 4 aromatic rings. The third-order valence-corrected chi connectivity index (χ3v) is 6.72. The first kappa shape index (κ1) is 22.6. The summed E-state index contributed by atoms with van der Waals surface area (Å²) in [4.78, 5) is 26.5. The Labute approximate surface area is 190 Å². The summed E-state index contributed by atoms with van der Waals surface area (Å²) in [6.45, 7) is 3.70. The molecule has 0 N–H and O–H groups in total. The Balaban J connectivity index is 0.00000256. The van der Waals surface area contributed by atoms with E-state index in [4.69, 9.17) is 4.98 Å². The van der Waals surface area contributed by atoms with Crippen LogP contribution in [0.15, 0.2) is 41.9 Å². The van der Waals surface area contributed by atoms with Gasteiger partial charge in [0, 0.05) is 12.1 Å². The van der Waals surface area contributed by atoms with Gasteiger partial charge in [0.15, 0.2) is 5.13 Å². The van der Waals surface area contributed by atoms with Gasteiger partial charge in [-0.3, -0.25) is 9.69 Å². The molecule has 0 saturated carbocycles. The van der Waals surface area contributed by atoms with Crippen LogP contribution in [0, 0.1) is 0 Å². The number of halogens is 1. The van der Waals surface area contributed by atoms with Crippen LogP contribution >= 0.6 is 35.1 Å². The monoisotopic (exact) mass is 460 g/mol. The minimum atomic E-state index is -0.00572. The normalized spacial score (nSPS) is 11.2. The van der Waals surface area contributed by atoms with Crippen molar-refractivity contribution in [3.8, 4) is 0 Å². The fourth-order valence-electron chi connectivity index (χ4n) is 3.27. The van der Waals surface area contributed by atoms with Gasteiger partial charge >= 0.3 is 0 Å². The molecule has 5 nitrogen and oxygen atoms in total. The molecule has 0 radical (unpaired) electrons. The van der Waals surface area contributed by atoms with E-state index < -0.39 is 0 Å². The third-order valence-electron chi connectivity index (χ3n) is 4.89. The number of aromatic nitrogens is 2. The van der Waals surface area contributed by atoms with Gasteiger partial charge in [-0.15, -0.1) is 23.7 Å². The second kappa shape index (κ2) is 9.83. The molecule has 0 atom stereocenters. The highest BCUT2D eigenvalue weighted by atomic mass is 35.5. The van der Waals surface area contributed by atoms with Gasteiger partial charge in [-0.1, -0.05) is 24.3 Å². The van der Waals surface area contributed by atoms with Crippen LogP contribution in [0.3, 0.4) is 0 Å². The highest BCUT2D eigenvalue weighted by molar-refractivity contribution is 7.22. The molecule has 0 aliphatic rings. The molecule has 1 amide bonds. The number of fused-ring (bicyclic) bond motifs is 2. The van der Waals surface area contributed by atoms with Crippen LogP contribution in [0.5, 0.6) is 0 Å². The van der Waals surface area contributed by atoms with Gasteiger partial charge < -0.3 is 4.90 Å². The summed E-state index contributed by atoms with van der Waals surface area (Å²) >= 11 is 3.15. The average molecular weight is 461 g/mol. The molecule has 0 unspecified atom stereocenters. The first-order chi connectivity index (χ1) is 14.0. The van der Waals surface area contributed by atoms with Gasteiger partial charge in [-0.25, -0.2) is 9.97 Å². The van der Waals surface area contributed by atoms with E-state index >= 15 is 0 Å². The summed E-state index contributed by atoms with van der Waals surface area (Å²) < 4.78 is 2.16. The number of carbonyl (C=O) groups is 1. The fourth-order valence-corrected chi connectivity index (χ4v) is 5.04. The molecule has 2 heterocycles. The van der Waals surface area contributed by atoms with Gasteiger partial charge in [0.25, 0.3) is 5.91 Å². The molecule has 158 valence electrons. The molecular formula is C22H25ClN4OS2. The van der Waals surface area contributed by atoms with Crippen LogP contribution in [-0.4, -0.2) is 48.0 Å². The molecule has 2 aromatic carbocycles. The molecule has 4 rings (SSSR count). The van der Waals surface area contributed by atoms with E-state index in [1.165, 1.54) is 5.56 Å². The number of thiazole rings is 2. The number of carbonyl (C=O) groups excluding carboxylic acids is 1. The van der Waals surface area contributed by atoms with Crippen LogP contribution in [0.4, 0.5) is 5.13 Å². The Hall–Kier alpha value is -2.06. The highest BCUT2D eigenvalue weighted by Gasteiger charge is 2.22. The minimum absolute atomic E-state index is 0. The second-order valence-corrected chi connectivity index (χ2v) is 9.20. The number of anilines is 1. The number of hydrogen-bond donors (Lipinski definition) is 0. The topological polar surface area (TPSA) is 49.3 Å². The first-order valence-corrected chi connectivity index (χ1v) is 11.4. The van der Waals surface area contributed by atoms with Crippen LogP contribution in [0.1, 0.15) is 29.3 Å². The van der Waals surface area contributed by atoms with Crippen LogP contribution in [-0.2, 0) is 6.42 Å². The molecule has 0 spiro atoms. The van der Waals surface area contributed by atoms with Crippen molar-refractivity contribution in [1.82, 2.24) is 14.9 Å². The number of rotatable bonds is 7. The maximum absolute atomic E-state index is 13.4. The summed E-state index contributed by atoms with van der Waals surface area (Å²) in [6, 6.07) is 12.1. The van der Waals surface area contributed by atoms with Crippen molar-refractivity contribution in [2.24, 2.45) is 0 Å².